The van der Waals surface area contributed by atoms with Gasteiger partial charge in [0.1, 0.15) is 17.6 Å². The van der Waals surface area contributed by atoms with Crippen LogP contribution in [-0.4, -0.2) is 29.3 Å². The SMILES string of the molecule is Cc1noc([C@@H](NC(=O)c2c(C)oc(C)c2C)C2CCOCC2)n1. The number of rotatable bonds is 4. The van der Waals surface area contributed by atoms with Gasteiger partial charge in [-0.1, -0.05) is 5.16 Å². The average molecular weight is 333 g/mol. The maximum Gasteiger partial charge on any atom is 0.255 e. The molecule has 1 amide bonds. The lowest BCUT2D eigenvalue weighted by molar-refractivity contribution is 0.0467. The van der Waals surface area contributed by atoms with Crippen LogP contribution in [0.5, 0.6) is 0 Å². The van der Waals surface area contributed by atoms with Gasteiger partial charge in [0.2, 0.25) is 5.89 Å². The molecule has 1 fully saturated rings. The summed E-state index contributed by atoms with van der Waals surface area (Å²) in [6, 6.07) is -0.323. The van der Waals surface area contributed by atoms with E-state index in [4.69, 9.17) is 13.7 Å². The van der Waals surface area contributed by atoms with E-state index in [1.807, 2.05) is 13.8 Å². The fraction of sp³-hybridized carbons (Fsp3) is 0.588. The molecule has 0 saturated carbocycles. The van der Waals surface area contributed by atoms with Crippen molar-refractivity contribution in [3.63, 3.8) is 0 Å². The zero-order valence-corrected chi connectivity index (χ0v) is 14.5. The largest absolute Gasteiger partial charge is 0.466 e. The molecule has 0 aliphatic carbocycles. The Morgan fingerprint density at radius 1 is 1.17 bits per heavy atom. The Morgan fingerprint density at radius 2 is 1.88 bits per heavy atom. The Hall–Kier alpha value is -2.15. The van der Waals surface area contributed by atoms with E-state index in [2.05, 4.69) is 15.5 Å². The number of carbonyl (C=O) groups excluding carboxylic acids is 1. The van der Waals surface area contributed by atoms with Crippen molar-refractivity contribution in [3.05, 3.63) is 34.4 Å². The molecule has 0 unspecified atom stereocenters. The van der Waals surface area contributed by atoms with Gasteiger partial charge >= 0.3 is 0 Å². The number of aryl methyl sites for hydroxylation is 3. The van der Waals surface area contributed by atoms with Gasteiger partial charge in [-0.2, -0.15) is 4.98 Å². The minimum atomic E-state index is -0.323. The third-order valence-corrected chi connectivity index (χ3v) is 4.62. The van der Waals surface area contributed by atoms with Crippen molar-refractivity contribution >= 4 is 5.91 Å². The lowest BCUT2D eigenvalue weighted by Gasteiger charge is -2.28. The van der Waals surface area contributed by atoms with Crippen LogP contribution in [0.1, 0.15) is 58.0 Å². The quantitative estimate of drug-likeness (QED) is 0.925. The maximum atomic E-state index is 12.8. The van der Waals surface area contributed by atoms with Crippen molar-refractivity contribution in [1.82, 2.24) is 15.5 Å². The standard InChI is InChI=1S/C17H23N3O4/c1-9-10(2)23-11(3)14(9)16(21)19-15(13-5-7-22-8-6-13)17-18-12(4)20-24-17/h13,15H,5-8H2,1-4H3,(H,19,21)/t15-/m0/s1. The Balaban J connectivity index is 1.87. The summed E-state index contributed by atoms with van der Waals surface area (Å²) >= 11 is 0. The van der Waals surface area contributed by atoms with E-state index >= 15 is 0 Å². The van der Waals surface area contributed by atoms with Crippen LogP contribution in [0.3, 0.4) is 0 Å². The molecule has 3 rings (SSSR count). The molecule has 2 aromatic rings. The van der Waals surface area contributed by atoms with Crippen LogP contribution in [0.25, 0.3) is 0 Å². The normalized spacial score (nSPS) is 17.0. The lowest BCUT2D eigenvalue weighted by Crippen LogP contribution is -2.36. The topological polar surface area (TPSA) is 90.4 Å². The zero-order valence-electron chi connectivity index (χ0n) is 14.5. The van der Waals surface area contributed by atoms with Gasteiger partial charge in [0.05, 0.1) is 5.56 Å². The number of carbonyl (C=O) groups is 1. The molecule has 1 N–H and O–H groups in total. The minimum absolute atomic E-state index is 0.172. The molecule has 0 radical (unpaired) electrons. The highest BCUT2D eigenvalue weighted by molar-refractivity contribution is 5.97. The molecule has 0 aromatic carbocycles. The summed E-state index contributed by atoms with van der Waals surface area (Å²) in [6.07, 6.45) is 1.68. The van der Waals surface area contributed by atoms with E-state index < -0.39 is 0 Å². The highest BCUT2D eigenvalue weighted by Crippen LogP contribution is 2.30. The number of hydrogen-bond acceptors (Lipinski definition) is 6. The highest BCUT2D eigenvalue weighted by atomic mass is 16.5. The number of nitrogens with zero attached hydrogens (tertiary/aromatic N) is 2. The van der Waals surface area contributed by atoms with E-state index in [1.54, 1.807) is 13.8 Å². The molecule has 1 aliphatic heterocycles. The Kier molecular flexibility index (Phi) is 4.71. The third-order valence-electron chi connectivity index (χ3n) is 4.62. The van der Waals surface area contributed by atoms with Gasteiger partial charge in [0.15, 0.2) is 5.82 Å². The number of hydrogen-bond donors (Lipinski definition) is 1. The van der Waals surface area contributed by atoms with Crippen LogP contribution in [0.2, 0.25) is 0 Å². The van der Waals surface area contributed by atoms with Gasteiger partial charge in [0.25, 0.3) is 5.91 Å². The van der Waals surface area contributed by atoms with Crippen LogP contribution in [-0.2, 0) is 4.74 Å². The second kappa shape index (κ2) is 6.76. The van der Waals surface area contributed by atoms with Crippen molar-refractivity contribution in [2.45, 2.75) is 46.6 Å². The second-order valence-electron chi connectivity index (χ2n) is 6.30. The molecule has 0 spiro atoms. The first-order valence-corrected chi connectivity index (χ1v) is 8.22. The molecule has 0 bridgehead atoms. The van der Waals surface area contributed by atoms with E-state index in [0.29, 0.717) is 36.3 Å². The first-order valence-electron chi connectivity index (χ1n) is 8.22. The van der Waals surface area contributed by atoms with Crippen molar-refractivity contribution in [1.29, 1.82) is 0 Å². The van der Waals surface area contributed by atoms with Crippen LogP contribution in [0, 0.1) is 33.6 Å². The van der Waals surface area contributed by atoms with Crippen molar-refractivity contribution < 1.29 is 18.5 Å². The van der Waals surface area contributed by atoms with Crippen molar-refractivity contribution in [3.8, 4) is 0 Å². The van der Waals surface area contributed by atoms with E-state index in [0.717, 1.165) is 24.2 Å². The van der Waals surface area contributed by atoms with Gasteiger partial charge in [-0.05, 0) is 46.5 Å². The molecule has 1 saturated heterocycles. The van der Waals surface area contributed by atoms with Gasteiger partial charge < -0.3 is 19.0 Å². The van der Waals surface area contributed by atoms with E-state index in [9.17, 15) is 4.79 Å². The average Bonchev–Trinajstić information content (AvgIpc) is 3.09. The number of amides is 1. The third kappa shape index (κ3) is 3.21. The van der Waals surface area contributed by atoms with Gasteiger partial charge in [-0.25, -0.2) is 0 Å². The predicted molar refractivity (Wildman–Crippen MR) is 85.7 cm³/mol. The summed E-state index contributed by atoms with van der Waals surface area (Å²) in [4.78, 5) is 17.2. The summed E-state index contributed by atoms with van der Waals surface area (Å²) < 4.78 is 16.3. The number of nitrogens with one attached hydrogen (secondary N) is 1. The predicted octanol–water partition coefficient (Wildman–Crippen LogP) is 2.79. The van der Waals surface area contributed by atoms with Crippen LogP contribution < -0.4 is 5.32 Å². The molecular weight excluding hydrogens is 310 g/mol. The first-order chi connectivity index (χ1) is 11.5. The summed E-state index contributed by atoms with van der Waals surface area (Å²) in [5.41, 5.74) is 1.44. The minimum Gasteiger partial charge on any atom is -0.466 e. The molecular formula is C17H23N3O4. The summed E-state index contributed by atoms with van der Waals surface area (Å²) in [6.45, 7) is 8.66. The molecule has 2 aromatic heterocycles. The highest BCUT2D eigenvalue weighted by Gasteiger charge is 2.32. The van der Waals surface area contributed by atoms with Crippen LogP contribution >= 0.6 is 0 Å². The fourth-order valence-electron chi connectivity index (χ4n) is 3.21. The van der Waals surface area contributed by atoms with Crippen LogP contribution in [0.15, 0.2) is 8.94 Å². The van der Waals surface area contributed by atoms with E-state index in [1.165, 1.54) is 0 Å². The first kappa shape index (κ1) is 16.7. The molecule has 24 heavy (non-hydrogen) atoms. The van der Waals surface area contributed by atoms with Gasteiger partial charge in [-0.15, -0.1) is 0 Å². The summed E-state index contributed by atoms with van der Waals surface area (Å²) in [7, 11) is 0. The van der Waals surface area contributed by atoms with Crippen molar-refractivity contribution in [2.75, 3.05) is 13.2 Å². The monoisotopic (exact) mass is 333 g/mol. The number of ether oxygens (including phenoxy) is 1. The molecule has 130 valence electrons. The molecule has 7 nitrogen and oxygen atoms in total. The second-order valence-corrected chi connectivity index (χ2v) is 6.30. The molecule has 7 heteroatoms. The molecule has 3 heterocycles. The van der Waals surface area contributed by atoms with Gasteiger partial charge in [-0.3, -0.25) is 4.79 Å². The lowest BCUT2D eigenvalue weighted by atomic mass is 9.91. The Bertz CT molecular complexity index is 728. The summed E-state index contributed by atoms with van der Waals surface area (Å²) in [5, 5.41) is 6.94. The Labute approximate surface area is 140 Å². The fourth-order valence-corrected chi connectivity index (χ4v) is 3.21. The Morgan fingerprint density at radius 3 is 2.42 bits per heavy atom. The van der Waals surface area contributed by atoms with Crippen molar-refractivity contribution in [2.24, 2.45) is 5.92 Å². The maximum absolute atomic E-state index is 12.8. The smallest absolute Gasteiger partial charge is 0.255 e. The van der Waals surface area contributed by atoms with Gasteiger partial charge in [0, 0.05) is 18.8 Å². The van der Waals surface area contributed by atoms with Crippen LogP contribution in [0.4, 0.5) is 0 Å². The van der Waals surface area contributed by atoms with E-state index in [-0.39, 0.29) is 17.9 Å². The number of aromatic nitrogens is 2. The molecule has 1 atom stereocenters. The summed E-state index contributed by atoms with van der Waals surface area (Å²) in [5.74, 6) is 2.42. The zero-order chi connectivity index (χ0) is 17.3. The molecule has 1 aliphatic rings. The number of furan rings is 1.